The quantitative estimate of drug-likeness (QED) is 0.628. The fourth-order valence-corrected chi connectivity index (χ4v) is 2.90. The summed E-state index contributed by atoms with van der Waals surface area (Å²) in [4.78, 5) is 24.5. The predicted octanol–water partition coefficient (Wildman–Crippen LogP) is 5.43. The number of benzene rings is 2. The first-order chi connectivity index (χ1) is 13.3. The average molecular weight is 383 g/mol. The minimum absolute atomic E-state index is 0.406. The summed E-state index contributed by atoms with van der Waals surface area (Å²) < 4.78 is 4.97. The summed E-state index contributed by atoms with van der Waals surface area (Å²) in [6, 6.07) is 18.7. The number of hydrogen-bond acceptors (Lipinski definition) is 3. The highest BCUT2D eigenvalue weighted by Crippen LogP contribution is 2.22. The third-order valence-electron chi connectivity index (χ3n) is 4.50. The molecule has 0 bridgehead atoms. The van der Waals surface area contributed by atoms with E-state index >= 15 is 0 Å². The summed E-state index contributed by atoms with van der Waals surface area (Å²) in [6.07, 6.45) is 0.253. The van der Waals surface area contributed by atoms with Gasteiger partial charge < -0.3 is 15.4 Å². The molecule has 28 heavy (non-hydrogen) atoms. The van der Waals surface area contributed by atoms with Crippen molar-refractivity contribution in [3.8, 4) is 0 Å². The van der Waals surface area contributed by atoms with E-state index in [1.165, 1.54) is 0 Å². The summed E-state index contributed by atoms with van der Waals surface area (Å²) in [7, 11) is 0. The second-order valence-corrected chi connectivity index (χ2v) is 8.02. The number of ether oxygens (including phenoxy) is 1. The van der Waals surface area contributed by atoms with Crippen molar-refractivity contribution in [2.75, 3.05) is 0 Å². The minimum atomic E-state index is -0.783. The fraction of sp³-hybridized carbons (Fsp3) is 0.391. The van der Waals surface area contributed by atoms with Crippen LogP contribution in [0.3, 0.4) is 0 Å². The average Bonchev–Trinajstić information content (AvgIpc) is 2.65. The predicted molar refractivity (Wildman–Crippen MR) is 111 cm³/mol. The first-order valence-electron chi connectivity index (χ1n) is 9.67. The smallest absolute Gasteiger partial charge is 0.359 e. The number of hydrogen-bond donors (Lipinski definition) is 2. The van der Waals surface area contributed by atoms with E-state index in [0.29, 0.717) is 5.92 Å². The van der Waals surface area contributed by atoms with Crippen LogP contribution < -0.4 is 10.6 Å². The Labute approximate surface area is 167 Å². The molecule has 0 aliphatic carbocycles. The highest BCUT2D eigenvalue weighted by Gasteiger charge is 2.24. The van der Waals surface area contributed by atoms with E-state index in [1.54, 1.807) is 0 Å². The lowest BCUT2D eigenvalue weighted by Gasteiger charge is -2.26. The molecule has 150 valence electrons. The van der Waals surface area contributed by atoms with Gasteiger partial charge in [0, 0.05) is 5.54 Å². The zero-order chi connectivity index (χ0) is 20.6. The van der Waals surface area contributed by atoms with Gasteiger partial charge >= 0.3 is 12.2 Å². The molecule has 2 amide bonds. The number of alkyl carbamates (subject to hydrolysis) is 2. The van der Waals surface area contributed by atoms with E-state index in [4.69, 9.17) is 4.74 Å². The molecule has 0 fully saturated rings. The van der Waals surface area contributed by atoms with Crippen LogP contribution in [-0.2, 0) is 4.74 Å². The zero-order valence-corrected chi connectivity index (χ0v) is 17.1. The second-order valence-electron chi connectivity index (χ2n) is 8.02. The molecular formula is C23H30N2O3. The monoisotopic (exact) mass is 382 g/mol. The molecule has 0 radical (unpaired) electrons. The van der Waals surface area contributed by atoms with Crippen LogP contribution in [0.5, 0.6) is 0 Å². The Balaban J connectivity index is 2.01. The number of carbonyl (C=O) groups excluding carboxylic acids is 2. The van der Waals surface area contributed by atoms with Crippen molar-refractivity contribution < 1.29 is 14.3 Å². The Morgan fingerprint density at radius 3 is 1.86 bits per heavy atom. The minimum Gasteiger partial charge on any atom is -0.359 e. The summed E-state index contributed by atoms with van der Waals surface area (Å²) in [5, 5.41) is 5.57. The molecule has 2 aromatic rings. The lowest BCUT2D eigenvalue weighted by molar-refractivity contribution is 0.140. The van der Waals surface area contributed by atoms with Crippen LogP contribution in [0.4, 0.5) is 9.59 Å². The van der Waals surface area contributed by atoms with Crippen molar-refractivity contribution in [1.82, 2.24) is 10.6 Å². The summed E-state index contributed by atoms with van der Waals surface area (Å²) in [6.45, 7) is 8.11. The normalized spacial score (nSPS) is 11.4. The van der Waals surface area contributed by atoms with Crippen LogP contribution in [0.2, 0.25) is 0 Å². The molecule has 0 saturated carbocycles. The van der Waals surface area contributed by atoms with Gasteiger partial charge in [0.05, 0.1) is 6.04 Å². The Hall–Kier alpha value is -2.82. The van der Waals surface area contributed by atoms with Crippen LogP contribution >= 0.6 is 0 Å². The SMILES string of the molecule is CC(C)CCC(C)(C)NC(=O)OC(=O)NC(c1ccccc1)c1ccccc1. The van der Waals surface area contributed by atoms with Crippen molar-refractivity contribution in [2.45, 2.75) is 52.1 Å². The number of nitrogens with one attached hydrogen (secondary N) is 2. The molecule has 0 saturated heterocycles. The topological polar surface area (TPSA) is 67.4 Å². The maximum Gasteiger partial charge on any atom is 0.416 e. The highest BCUT2D eigenvalue weighted by atomic mass is 16.6. The maximum atomic E-state index is 12.4. The van der Waals surface area contributed by atoms with Gasteiger partial charge in [-0.1, -0.05) is 74.5 Å². The van der Waals surface area contributed by atoms with Crippen molar-refractivity contribution >= 4 is 12.2 Å². The zero-order valence-electron chi connectivity index (χ0n) is 17.1. The van der Waals surface area contributed by atoms with Crippen LogP contribution in [0, 0.1) is 5.92 Å². The molecule has 0 aromatic heterocycles. The van der Waals surface area contributed by atoms with Gasteiger partial charge in [0.25, 0.3) is 0 Å². The van der Waals surface area contributed by atoms with Gasteiger partial charge in [-0.25, -0.2) is 9.59 Å². The fourth-order valence-electron chi connectivity index (χ4n) is 2.90. The van der Waals surface area contributed by atoms with E-state index in [2.05, 4.69) is 24.5 Å². The van der Waals surface area contributed by atoms with Crippen molar-refractivity contribution in [3.05, 3.63) is 71.8 Å². The molecule has 2 N–H and O–H groups in total. The molecule has 2 rings (SSSR count). The van der Waals surface area contributed by atoms with Gasteiger partial charge in [-0.2, -0.15) is 0 Å². The first kappa shape index (κ1) is 21.5. The molecule has 0 unspecified atom stereocenters. The van der Waals surface area contributed by atoms with Gasteiger partial charge in [-0.05, 0) is 43.7 Å². The van der Waals surface area contributed by atoms with Gasteiger partial charge in [0.1, 0.15) is 0 Å². The van der Waals surface area contributed by atoms with E-state index in [-0.39, 0.29) is 0 Å². The third-order valence-corrected chi connectivity index (χ3v) is 4.50. The molecule has 0 heterocycles. The molecule has 0 aliphatic heterocycles. The second kappa shape index (κ2) is 9.93. The Bertz CT molecular complexity index is 718. The van der Waals surface area contributed by atoms with Gasteiger partial charge in [0.2, 0.25) is 0 Å². The number of carbonyl (C=O) groups is 2. The lowest BCUT2D eigenvalue weighted by Crippen LogP contribution is -2.45. The standard InChI is InChI=1S/C23H30N2O3/c1-17(2)15-16-23(3,4)25-22(27)28-21(26)24-20(18-11-7-5-8-12-18)19-13-9-6-10-14-19/h5-14,17,20H,15-16H2,1-4H3,(H,24,26)(H,25,27). The van der Waals surface area contributed by atoms with Gasteiger partial charge in [-0.3, -0.25) is 0 Å². The lowest BCUT2D eigenvalue weighted by atomic mass is 9.94. The van der Waals surface area contributed by atoms with Crippen molar-refractivity contribution in [3.63, 3.8) is 0 Å². The van der Waals surface area contributed by atoms with Crippen LogP contribution in [-0.4, -0.2) is 17.7 Å². The Kier molecular flexibility index (Phi) is 7.61. The number of amides is 2. The van der Waals surface area contributed by atoms with Crippen molar-refractivity contribution in [1.29, 1.82) is 0 Å². The third kappa shape index (κ3) is 7.06. The van der Waals surface area contributed by atoms with Gasteiger partial charge in [0.15, 0.2) is 0 Å². The van der Waals surface area contributed by atoms with E-state index in [9.17, 15) is 9.59 Å². The molecule has 0 atom stereocenters. The first-order valence-corrected chi connectivity index (χ1v) is 9.67. The van der Waals surface area contributed by atoms with Crippen LogP contribution in [0.25, 0.3) is 0 Å². The largest absolute Gasteiger partial charge is 0.416 e. The van der Waals surface area contributed by atoms with E-state index in [1.807, 2.05) is 74.5 Å². The Morgan fingerprint density at radius 1 is 0.893 bits per heavy atom. The van der Waals surface area contributed by atoms with Crippen LogP contribution in [0.15, 0.2) is 60.7 Å². The molecule has 5 heteroatoms. The molecule has 2 aromatic carbocycles. The van der Waals surface area contributed by atoms with E-state index < -0.39 is 23.8 Å². The molecule has 5 nitrogen and oxygen atoms in total. The Morgan fingerprint density at radius 2 is 1.39 bits per heavy atom. The summed E-state index contributed by atoms with van der Waals surface area (Å²) >= 11 is 0. The van der Waals surface area contributed by atoms with Crippen molar-refractivity contribution in [2.24, 2.45) is 5.92 Å². The van der Waals surface area contributed by atoms with E-state index in [0.717, 1.165) is 24.0 Å². The summed E-state index contributed by atoms with van der Waals surface area (Å²) in [5.41, 5.74) is 1.37. The van der Waals surface area contributed by atoms with Crippen LogP contribution in [0.1, 0.15) is 57.7 Å². The highest BCUT2D eigenvalue weighted by molar-refractivity contribution is 5.84. The van der Waals surface area contributed by atoms with Gasteiger partial charge in [-0.15, -0.1) is 0 Å². The summed E-state index contributed by atoms with van der Waals surface area (Å²) in [5.74, 6) is 0.540. The molecule has 0 aliphatic rings. The number of rotatable bonds is 7. The molecular weight excluding hydrogens is 352 g/mol. The molecule has 0 spiro atoms. The maximum absolute atomic E-state index is 12.4.